The zero-order chi connectivity index (χ0) is 24.6. The molecule has 1 aromatic carbocycles. The van der Waals surface area contributed by atoms with Gasteiger partial charge in [0, 0.05) is 31.0 Å². The maximum atomic E-state index is 13.6. The number of benzene rings is 1. The standard InChI is InChI=1S/C26H41NO5Si/c1-9-30-23(28)26(24(29)31-10-2)18(3)21(17-32-33(7,8)25(4,5)6)22-20-14-12-11-13-19(20)15-16-27(22)26/h11-14,18,21-22H,9-10,15-17H2,1-8H3/t18-,21-,22-/m1/s1. The van der Waals surface area contributed by atoms with Crippen molar-refractivity contribution in [2.75, 3.05) is 26.4 Å². The van der Waals surface area contributed by atoms with Gasteiger partial charge in [0.2, 0.25) is 5.54 Å². The lowest BCUT2D eigenvalue weighted by Crippen LogP contribution is -2.62. The molecule has 0 radical (unpaired) electrons. The lowest BCUT2D eigenvalue weighted by atomic mass is 9.79. The number of fused-ring (bicyclic) bond motifs is 3. The van der Waals surface area contributed by atoms with Crippen molar-refractivity contribution in [1.82, 2.24) is 4.90 Å². The van der Waals surface area contributed by atoms with E-state index in [0.717, 1.165) is 6.42 Å². The molecule has 33 heavy (non-hydrogen) atoms. The van der Waals surface area contributed by atoms with Crippen molar-refractivity contribution in [3.8, 4) is 0 Å². The zero-order valence-electron chi connectivity index (χ0n) is 21.6. The third-order valence-electron chi connectivity index (χ3n) is 8.11. The second kappa shape index (κ2) is 9.51. The van der Waals surface area contributed by atoms with Crippen molar-refractivity contribution in [3.05, 3.63) is 35.4 Å². The van der Waals surface area contributed by atoms with E-state index < -0.39 is 25.8 Å². The van der Waals surface area contributed by atoms with Crippen LogP contribution in [0, 0.1) is 11.8 Å². The Morgan fingerprint density at radius 3 is 2.21 bits per heavy atom. The van der Waals surface area contributed by atoms with E-state index in [-0.39, 0.29) is 36.1 Å². The molecule has 0 spiro atoms. The van der Waals surface area contributed by atoms with Crippen LogP contribution in [0.4, 0.5) is 0 Å². The number of esters is 2. The minimum atomic E-state index is -2.03. The first-order chi connectivity index (χ1) is 15.4. The number of ether oxygens (including phenoxy) is 2. The minimum Gasteiger partial charge on any atom is -0.464 e. The summed E-state index contributed by atoms with van der Waals surface area (Å²) >= 11 is 0. The molecular weight excluding hydrogens is 434 g/mol. The van der Waals surface area contributed by atoms with Crippen molar-refractivity contribution in [1.29, 1.82) is 0 Å². The zero-order valence-corrected chi connectivity index (χ0v) is 22.6. The lowest BCUT2D eigenvalue weighted by Gasteiger charge is -2.41. The van der Waals surface area contributed by atoms with Crippen LogP contribution in [-0.4, -0.2) is 57.1 Å². The Bertz CT molecular complexity index is 860. The number of carbonyl (C=O) groups is 2. The normalized spacial score (nSPS) is 24.7. The van der Waals surface area contributed by atoms with Crippen LogP contribution in [0.3, 0.4) is 0 Å². The Labute approximate surface area is 200 Å². The predicted molar refractivity (Wildman–Crippen MR) is 131 cm³/mol. The third-order valence-corrected chi connectivity index (χ3v) is 12.6. The van der Waals surface area contributed by atoms with Gasteiger partial charge in [0.15, 0.2) is 8.32 Å². The van der Waals surface area contributed by atoms with Gasteiger partial charge >= 0.3 is 11.9 Å². The molecule has 3 rings (SSSR count). The first-order valence-corrected chi connectivity index (χ1v) is 15.2. The van der Waals surface area contributed by atoms with Crippen LogP contribution in [0.15, 0.2) is 24.3 Å². The van der Waals surface area contributed by atoms with Gasteiger partial charge in [-0.1, -0.05) is 52.0 Å². The molecule has 7 heteroatoms. The summed E-state index contributed by atoms with van der Waals surface area (Å²) in [7, 11) is -2.03. The molecule has 0 bridgehead atoms. The average molecular weight is 476 g/mol. The Morgan fingerprint density at radius 2 is 1.67 bits per heavy atom. The summed E-state index contributed by atoms with van der Waals surface area (Å²) < 4.78 is 17.8. The smallest absolute Gasteiger partial charge is 0.338 e. The van der Waals surface area contributed by atoms with E-state index in [2.05, 4.69) is 57.0 Å². The summed E-state index contributed by atoms with van der Waals surface area (Å²) in [6, 6.07) is 8.26. The van der Waals surface area contributed by atoms with Gasteiger partial charge in [0.25, 0.3) is 0 Å². The molecule has 0 N–H and O–H groups in total. The molecule has 2 aliphatic heterocycles. The SMILES string of the molecule is CCOC(=O)C1(C(=O)OCC)[C@H](C)[C@@H](CO[Si](C)(C)C(C)(C)C)[C@H]2c3ccccc3CCN21. The van der Waals surface area contributed by atoms with E-state index >= 15 is 0 Å². The fraction of sp³-hybridized carbons (Fsp3) is 0.692. The molecule has 184 valence electrons. The predicted octanol–water partition coefficient (Wildman–Crippen LogP) is 4.74. The second-order valence-corrected chi connectivity index (χ2v) is 15.6. The highest BCUT2D eigenvalue weighted by atomic mass is 28.4. The third kappa shape index (κ3) is 4.28. The highest BCUT2D eigenvalue weighted by Gasteiger charge is 2.68. The Kier molecular flexibility index (Phi) is 7.47. The summed E-state index contributed by atoms with van der Waals surface area (Å²) in [5.41, 5.74) is 0.979. The summed E-state index contributed by atoms with van der Waals surface area (Å²) in [5, 5.41) is 0.0678. The minimum absolute atomic E-state index is 0.0469. The van der Waals surface area contributed by atoms with Crippen molar-refractivity contribution in [3.63, 3.8) is 0 Å². The van der Waals surface area contributed by atoms with Crippen LogP contribution in [0.1, 0.15) is 58.7 Å². The van der Waals surface area contributed by atoms with Crippen molar-refractivity contribution >= 4 is 20.3 Å². The van der Waals surface area contributed by atoms with Crippen LogP contribution < -0.4 is 0 Å². The number of hydrogen-bond acceptors (Lipinski definition) is 6. The summed E-state index contributed by atoms with van der Waals surface area (Å²) in [5.74, 6) is -1.38. The second-order valence-electron chi connectivity index (χ2n) is 10.8. The quantitative estimate of drug-likeness (QED) is 0.322. The van der Waals surface area contributed by atoms with Gasteiger partial charge in [-0.15, -0.1) is 0 Å². The van der Waals surface area contributed by atoms with Crippen LogP contribution in [0.5, 0.6) is 0 Å². The van der Waals surface area contributed by atoms with E-state index in [1.807, 2.05) is 13.0 Å². The summed E-state index contributed by atoms with van der Waals surface area (Å²) in [6.07, 6.45) is 0.774. The fourth-order valence-electron chi connectivity index (χ4n) is 5.23. The van der Waals surface area contributed by atoms with E-state index in [4.69, 9.17) is 13.9 Å². The number of nitrogens with zero attached hydrogens (tertiary/aromatic N) is 1. The molecule has 0 amide bonds. The monoisotopic (exact) mass is 475 g/mol. The van der Waals surface area contributed by atoms with E-state index in [9.17, 15) is 9.59 Å². The maximum absolute atomic E-state index is 13.6. The van der Waals surface area contributed by atoms with Gasteiger partial charge in [0.05, 0.1) is 13.2 Å². The number of rotatable bonds is 7. The molecular formula is C26H41NO5Si. The summed E-state index contributed by atoms with van der Waals surface area (Å²) in [4.78, 5) is 29.2. The molecule has 0 saturated carbocycles. The molecule has 1 saturated heterocycles. The Hall–Kier alpha value is -1.70. The van der Waals surface area contributed by atoms with Crippen molar-refractivity contribution < 1.29 is 23.5 Å². The molecule has 3 atom stereocenters. The van der Waals surface area contributed by atoms with Gasteiger partial charge < -0.3 is 13.9 Å². The number of carbonyl (C=O) groups excluding carboxylic acids is 2. The lowest BCUT2D eigenvalue weighted by molar-refractivity contribution is -0.177. The molecule has 2 heterocycles. The van der Waals surface area contributed by atoms with Crippen LogP contribution in [0.2, 0.25) is 18.1 Å². The molecule has 0 aromatic heterocycles. The molecule has 6 nitrogen and oxygen atoms in total. The highest BCUT2D eigenvalue weighted by Crippen LogP contribution is 2.54. The Morgan fingerprint density at radius 1 is 1.09 bits per heavy atom. The van der Waals surface area contributed by atoms with Crippen molar-refractivity contribution in [2.24, 2.45) is 11.8 Å². The van der Waals surface area contributed by atoms with Crippen LogP contribution >= 0.6 is 0 Å². The van der Waals surface area contributed by atoms with Crippen molar-refractivity contribution in [2.45, 2.75) is 77.7 Å². The first kappa shape index (κ1) is 25.9. The van der Waals surface area contributed by atoms with E-state index in [1.165, 1.54) is 11.1 Å². The highest BCUT2D eigenvalue weighted by molar-refractivity contribution is 6.74. The summed E-state index contributed by atoms with van der Waals surface area (Å²) in [6.45, 7) is 18.2. The van der Waals surface area contributed by atoms with Gasteiger partial charge in [-0.2, -0.15) is 0 Å². The van der Waals surface area contributed by atoms with E-state index in [0.29, 0.717) is 13.2 Å². The maximum Gasteiger partial charge on any atom is 0.338 e. The average Bonchev–Trinajstić information content (AvgIpc) is 3.00. The molecule has 2 aliphatic rings. The molecule has 0 aliphatic carbocycles. The first-order valence-electron chi connectivity index (χ1n) is 12.3. The topological polar surface area (TPSA) is 65.1 Å². The van der Waals surface area contributed by atoms with Crippen LogP contribution in [0.25, 0.3) is 0 Å². The molecule has 1 fully saturated rings. The Balaban J connectivity index is 2.12. The number of hydrogen-bond donors (Lipinski definition) is 0. The van der Waals surface area contributed by atoms with Crippen LogP contribution in [-0.2, 0) is 29.9 Å². The van der Waals surface area contributed by atoms with Gasteiger partial charge in [0.1, 0.15) is 0 Å². The van der Waals surface area contributed by atoms with Gasteiger partial charge in [-0.3, -0.25) is 4.90 Å². The molecule has 0 unspecified atom stereocenters. The molecule has 1 aromatic rings. The largest absolute Gasteiger partial charge is 0.464 e. The van der Waals surface area contributed by atoms with Gasteiger partial charge in [-0.25, -0.2) is 9.59 Å². The van der Waals surface area contributed by atoms with Gasteiger partial charge in [-0.05, 0) is 49.5 Å². The van der Waals surface area contributed by atoms with E-state index in [1.54, 1.807) is 13.8 Å². The fourth-order valence-corrected chi connectivity index (χ4v) is 6.27.